The summed E-state index contributed by atoms with van der Waals surface area (Å²) in [5.74, 6) is -0.259. The van der Waals surface area contributed by atoms with Gasteiger partial charge < -0.3 is 20.3 Å². The molecule has 0 bridgehead atoms. The highest BCUT2D eigenvalue weighted by Crippen LogP contribution is 2.27. The Hall–Kier alpha value is -3.26. The van der Waals surface area contributed by atoms with Crippen molar-refractivity contribution in [2.75, 3.05) is 18.5 Å². The summed E-state index contributed by atoms with van der Waals surface area (Å²) in [6.45, 7) is 2.97. The molecule has 2 atom stereocenters. The highest BCUT2D eigenvalue weighted by Gasteiger charge is 2.35. The molecule has 192 valence electrons. The van der Waals surface area contributed by atoms with Gasteiger partial charge in [0.2, 0.25) is 17.7 Å². The summed E-state index contributed by atoms with van der Waals surface area (Å²) >= 11 is 0. The Morgan fingerprint density at radius 3 is 2.47 bits per heavy atom. The zero-order chi connectivity index (χ0) is 25.3. The number of nitrogens with zero attached hydrogens (tertiary/aromatic N) is 2. The van der Waals surface area contributed by atoms with Crippen molar-refractivity contribution in [2.24, 2.45) is 0 Å². The zero-order valence-corrected chi connectivity index (χ0v) is 20.9. The molecule has 1 saturated heterocycles. The number of carbonyl (C=O) groups excluding carboxylic acids is 3. The lowest BCUT2D eigenvalue weighted by Crippen LogP contribution is -2.48. The molecule has 2 unspecified atom stereocenters. The van der Waals surface area contributed by atoms with Crippen molar-refractivity contribution in [3.8, 4) is 0 Å². The summed E-state index contributed by atoms with van der Waals surface area (Å²) in [6.07, 6.45) is 7.36. The fourth-order valence-electron chi connectivity index (χ4n) is 4.94. The summed E-state index contributed by atoms with van der Waals surface area (Å²) in [4.78, 5) is 45.5. The Bertz CT molecular complexity index is 1020. The third-order valence-electron chi connectivity index (χ3n) is 6.90. The van der Waals surface area contributed by atoms with E-state index in [2.05, 4.69) is 15.6 Å². The largest absolute Gasteiger partial charge is 0.376 e. The molecule has 2 fully saturated rings. The van der Waals surface area contributed by atoms with Crippen LogP contribution in [0.1, 0.15) is 68.5 Å². The molecule has 4 rings (SSSR count). The summed E-state index contributed by atoms with van der Waals surface area (Å²) < 4.78 is 5.84. The number of rotatable bonds is 10. The van der Waals surface area contributed by atoms with Crippen LogP contribution in [0, 0.1) is 6.92 Å². The number of hydrogen-bond donors (Lipinski definition) is 2. The molecular formula is C28H36N4O4. The van der Waals surface area contributed by atoms with Gasteiger partial charge in [-0.05, 0) is 50.3 Å². The first-order chi connectivity index (χ1) is 17.5. The summed E-state index contributed by atoms with van der Waals surface area (Å²) in [5, 5.41) is 5.91. The quantitative estimate of drug-likeness (QED) is 0.524. The molecule has 1 aromatic heterocycles. The number of nitrogens with one attached hydrogen (secondary N) is 2. The number of ether oxygens (including phenoxy) is 1. The van der Waals surface area contributed by atoms with E-state index < -0.39 is 6.04 Å². The van der Waals surface area contributed by atoms with Gasteiger partial charge in [0.05, 0.1) is 6.10 Å². The minimum Gasteiger partial charge on any atom is -0.376 e. The van der Waals surface area contributed by atoms with Gasteiger partial charge in [-0.25, -0.2) is 4.98 Å². The van der Waals surface area contributed by atoms with Crippen molar-refractivity contribution in [1.29, 1.82) is 0 Å². The second kappa shape index (κ2) is 12.6. The van der Waals surface area contributed by atoms with E-state index in [0.717, 1.165) is 49.7 Å². The van der Waals surface area contributed by atoms with Crippen molar-refractivity contribution in [3.63, 3.8) is 0 Å². The Morgan fingerprint density at radius 2 is 1.81 bits per heavy atom. The topological polar surface area (TPSA) is 101 Å². The number of hydrogen-bond acceptors (Lipinski definition) is 5. The van der Waals surface area contributed by atoms with Crippen molar-refractivity contribution in [3.05, 3.63) is 59.8 Å². The Kier molecular flexibility index (Phi) is 9.06. The number of anilines is 1. The van der Waals surface area contributed by atoms with Crippen LogP contribution < -0.4 is 10.6 Å². The van der Waals surface area contributed by atoms with Crippen LogP contribution in [0.5, 0.6) is 0 Å². The molecule has 36 heavy (non-hydrogen) atoms. The van der Waals surface area contributed by atoms with Crippen LogP contribution >= 0.6 is 0 Å². The van der Waals surface area contributed by atoms with E-state index in [4.69, 9.17) is 4.74 Å². The number of amides is 3. The van der Waals surface area contributed by atoms with E-state index in [1.807, 2.05) is 31.2 Å². The van der Waals surface area contributed by atoms with E-state index in [1.165, 1.54) is 0 Å². The lowest BCUT2D eigenvalue weighted by atomic mass is 10.0. The molecule has 2 aromatic rings. The van der Waals surface area contributed by atoms with Crippen LogP contribution in [-0.4, -0.2) is 52.9 Å². The second-order valence-electron chi connectivity index (χ2n) is 9.75. The van der Waals surface area contributed by atoms with Crippen molar-refractivity contribution < 1.29 is 19.1 Å². The average molecular weight is 493 g/mol. The van der Waals surface area contributed by atoms with Crippen molar-refractivity contribution >= 4 is 23.5 Å². The van der Waals surface area contributed by atoms with Gasteiger partial charge in [0.25, 0.3) is 0 Å². The van der Waals surface area contributed by atoms with Crippen LogP contribution in [-0.2, 0) is 19.1 Å². The zero-order valence-electron chi connectivity index (χ0n) is 20.9. The van der Waals surface area contributed by atoms with Crippen LogP contribution in [0.4, 0.5) is 5.82 Å². The molecule has 1 aliphatic heterocycles. The van der Waals surface area contributed by atoms with Gasteiger partial charge in [-0.1, -0.05) is 48.7 Å². The standard InChI is InChI=1S/C28H36N4O4/c1-20-11-13-21(14-12-20)27(28(35)30-22-7-2-3-8-22)32(19-23-9-6-18-36-23)26(34)16-15-25(33)31-24-10-4-5-17-29-24/h4-5,10-14,17,22-23,27H,2-3,6-9,15-16,18-19H2,1H3,(H,30,35)(H,29,31,33). The maximum absolute atomic E-state index is 13.7. The van der Waals surface area contributed by atoms with Crippen LogP contribution in [0.3, 0.4) is 0 Å². The van der Waals surface area contributed by atoms with E-state index in [-0.39, 0.29) is 42.7 Å². The fraction of sp³-hybridized carbons (Fsp3) is 0.500. The number of carbonyl (C=O) groups is 3. The molecule has 3 amide bonds. The van der Waals surface area contributed by atoms with Crippen LogP contribution in [0.2, 0.25) is 0 Å². The first kappa shape index (κ1) is 25.8. The monoisotopic (exact) mass is 492 g/mol. The van der Waals surface area contributed by atoms with Gasteiger partial charge in [0.1, 0.15) is 11.9 Å². The van der Waals surface area contributed by atoms with E-state index in [0.29, 0.717) is 19.0 Å². The summed E-state index contributed by atoms with van der Waals surface area (Å²) in [5.41, 5.74) is 1.84. The van der Waals surface area contributed by atoms with Gasteiger partial charge in [-0.2, -0.15) is 0 Å². The molecule has 1 aromatic carbocycles. The smallest absolute Gasteiger partial charge is 0.247 e. The SMILES string of the molecule is Cc1ccc(C(C(=O)NC2CCCC2)N(CC2CCCO2)C(=O)CCC(=O)Nc2ccccn2)cc1. The van der Waals surface area contributed by atoms with E-state index in [1.54, 1.807) is 29.3 Å². The molecule has 2 heterocycles. The maximum Gasteiger partial charge on any atom is 0.247 e. The van der Waals surface area contributed by atoms with Crippen molar-refractivity contribution in [1.82, 2.24) is 15.2 Å². The highest BCUT2D eigenvalue weighted by molar-refractivity contribution is 5.94. The highest BCUT2D eigenvalue weighted by atomic mass is 16.5. The molecule has 2 N–H and O–H groups in total. The van der Waals surface area contributed by atoms with Gasteiger partial charge >= 0.3 is 0 Å². The Labute approximate surface area is 212 Å². The predicted octanol–water partition coefficient (Wildman–Crippen LogP) is 3.92. The molecule has 1 saturated carbocycles. The number of pyridine rings is 1. The molecule has 0 spiro atoms. The number of benzene rings is 1. The molecule has 1 aliphatic carbocycles. The third-order valence-corrected chi connectivity index (χ3v) is 6.90. The lowest BCUT2D eigenvalue weighted by Gasteiger charge is -2.34. The minimum absolute atomic E-state index is 0.00228. The van der Waals surface area contributed by atoms with Gasteiger partial charge in [0.15, 0.2) is 0 Å². The van der Waals surface area contributed by atoms with Gasteiger partial charge in [-0.15, -0.1) is 0 Å². The molecule has 2 aliphatic rings. The normalized spacial score (nSPS) is 18.5. The summed E-state index contributed by atoms with van der Waals surface area (Å²) in [7, 11) is 0. The minimum atomic E-state index is -0.776. The third kappa shape index (κ3) is 7.13. The number of aromatic nitrogens is 1. The second-order valence-corrected chi connectivity index (χ2v) is 9.75. The molecular weight excluding hydrogens is 456 g/mol. The molecule has 8 heteroatoms. The van der Waals surface area contributed by atoms with Crippen molar-refractivity contribution in [2.45, 2.75) is 76.5 Å². The maximum atomic E-state index is 13.7. The molecule has 8 nitrogen and oxygen atoms in total. The van der Waals surface area contributed by atoms with Gasteiger partial charge in [-0.3, -0.25) is 14.4 Å². The number of aryl methyl sites for hydroxylation is 1. The first-order valence-electron chi connectivity index (χ1n) is 13.0. The predicted molar refractivity (Wildman–Crippen MR) is 137 cm³/mol. The Morgan fingerprint density at radius 1 is 1.03 bits per heavy atom. The Balaban J connectivity index is 1.53. The fourth-order valence-corrected chi connectivity index (χ4v) is 4.94. The first-order valence-corrected chi connectivity index (χ1v) is 13.0. The van der Waals surface area contributed by atoms with E-state index in [9.17, 15) is 14.4 Å². The van der Waals surface area contributed by atoms with Crippen LogP contribution in [0.15, 0.2) is 48.7 Å². The lowest BCUT2D eigenvalue weighted by molar-refractivity contribution is -0.143. The van der Waals surface area contributed by atoms with Crippen LogP contribution in [0.25, 0.3) is 0 Å². The van der Waals surface area contributed by atoms with Gasteiger partial charge in [0, 0.05) is 38.2 Å². The molecule has 0 radical (unpaired) electrons. The average Bonchev–Trinajstić information content (AvgIpc) is 3.58. The van der Waals surface area contributed by atoms with E-state index >= 15 is 0 Å². The summed E-state index contributed by atoms with van der Waals surface area (Å²) in [6, 6.07) is 12.4.